The highest BCUT2D eigenvalue weighted by Crippen LogP contribution is 2.37. The van der Waals surface area contributed by atoms with Gasteiger partial charge in [0.25, 0.3) is 0 Å². The molecule has 11 heteroatoms. The molecule has 0 aromatic heterocycles. The minimum Gasteiger partial charge on any atom is -0.497 e. The number of rotatable bonds is 8. The number of halogens is 3. The van der Waals surface area contributed by atoms with Crippen molar-refractivity contribution in [1.29, 1.82) is 0 Å². The van der Waals surface area contributed by atoms with Crippen LogP contribution in [0.1, 0.15) is 24.8 Å². The van der Waals surface area contributed by atoms with E-state index in [1.807, 2.05) is 0 Å². The number of hydrogen-bond acceptors (Lipinski definition) is 7. The number of aliphatic imine (C=N–C) groups is 1. The van der Waals surface area contributed by atoms with E-state index in [0.717, 1.165) is 0 Å². The molecule has 2 saturated heterocycles. The lowest BCUT2D eigenvalue weighted by Gasteiger charge is -2.38. The molecule has 0 bridgehead atoms. The summed E-state index contributed by atoms with van der Waals surface area (Å²) in [5, 5.41) is 0. The lowest BCUT2D eigenvalue weighted by molar-refractivity contribution is -0.220. The van der Waals surface area contributed by atoms with Crippen LogP contribution in [-0.4, -0.2) is 74.5 Å². The fourth-order valence-corrected chi connectivity index (χ4v) is 3.98. The maximum Gasteiger partial charge on any atom is 0.427 e. The van der Waals surface area contributed by atoms with E-state index in [0.29, 0.717) is 37.2 Å². The Kier molecular flexibility index (Phi) is 8.78. The van der Waals surface area contributed by atoms with Crippen LogP contribution in [0.4, 0.5) is 18.0 Å². The number of carbonyl (C=O) groups is 1. The summed E-state index contributed by atoms with van der Waals surface area (Å²) in [7, 11) is 1.52. The molecule has 1 aromatic carbocycles. The van der Waals surface area contributed by atoms with Crippen LogP contribution in [0.2, 0.25) is 0 Å². The molecule has 0 saturated carbocycles. The van der Waals surface area contributed by atoms with Gasteiger partial charge in [0.15, 0.2) is 0 Å². The van der Waals surface area contributed by atoms with E-state index < -0.39 is 30.6 Å². The predicted octanol–water partition coefficient (Wildman–Crippen LogP) is 3.45. The third-order valence-electron chi connectivity index (χ3n) is 5.92. The Balaban J connectivity index is 1.47. The van der Waals surface area contributed by atoms with Crippen LogP contribution in [0.25, 0.3) is 0 Å². The van der Waals surface area contributed by atoms with Crippen molar-refractivity contribution >= 4 is 12.3 Å². The highest BCUT2D eigenvalue weighted by molar-refractivity contribution is 5.71. The first-order valence-electron chi connectivity index (χ1n) is 11.0. The van der Waals surface area contributed by atoms with E-state index in [9.17, 15) is 18.0 Å². The molecule has 1 aromatic rings. The van der Waals surface area contributed by atoms with Gasteiger partial charge in [-0.3, -0.25) is 4.99 Å². The molecule has 3 rings (SSSR count). The Hall–Kier alpha value is -2.79. The lowest BCUT2D eigenvalue weighted by atomic mass is 9.87. The number of likely N-dealkylation sites (tertiary alicyclic amines) is 1. The van der Waals surface area contributed by atoms with E-state index in [-0.39, 0.29) is 25.7 Å². The predicted molar refractivity (Wildman–Crippen MR) is 119 cm³/mol. The number of amides is 1. The first-order valence-corrected chi connectivity index (χ1v) is 11.0. The molecule has 2 atom stereocenters. The molecule has 0 aliphatic carbocycles. The van der Waals surface area contributed by atoms with Crippen LogP contribution in [0.5, 0.6) is 5.75 Å². The number of allylic oxidation sites excluding steroid dienone is 1. The molecule has 2 aliphatic rings. The average molecular weight is 486 g/mol. The molecule has 2 N–H and O–H groups in total. The summed E-state index contributed by atoms with van der Waals surface area (Å²) in [5.41, 5.74) is 5.54. The minimum atomic E-state index is -4.75. The number of ether oxygens (including phenoxy) is 4. The Bertz CT molecular complexity index is 852. The second-order valence-electron chi connectivity index (χ2n) is 8.30. The van der Waals surface area contributed by atoms with Crippen LogP contribution in [0, 0.1) is 0 Å². The van der Waals surface area contributed by atoms with E-state index >= 15 is 0 Å². The normalized spacial score (nSPS) is 21.4. The van der Waals surface area contributed by atoms with E-state index in [1.54, 1.807) is 36.6 Å². The van der Waals surface area contributed by atoms with Crippen molar-refractivity contribution in [2.45, 2.75) is 49.8 Å². The number of benzene rings is 1. The van der Waals surface area contributed by atoms with Gasteiger partial charge in [0.05, 0.1) is 38.6 Å². The molecule has 34 heavy (non-hydrogen) atoms. The highest BCUT2D eigenvalue weighted by Gasteiger charge is 2.46. The van der Waals surface area contributed by atoms with Crippen LogP contribution in [0.15, 0.2) is 41.5 Å². The molecule has 8 nitrogen and oxygen atoms in total. The number of carbonyl (C=O) groups excluding carboxylic acids is 1. The molecule has 2 fully saturated rings. The fourth-order valence-electron chi connectivity index (χ4n) is 3.98. The molecule has 188 valence electrons. The standard InChI is InChI=1S/C23H30F3N3O5/c1-31-19-5-3-17(4-6-19)14-32-16-20(23(24,25)26)34-21(30)29-11-7-22(8-12-29)13-18(15-33-22)28-10-2-9-27/h2-6,9-10,18,20H,7-8,11-16,27H2,1H3/t18?,20-/m1/s1. The Morgan fingerprint density at radius 1 is 1.32 bits per heavy atom. The van der Waals surface area contributed by atoms with E-state index in [1.165, 1.54) is 18.2 Å². The van der Waals surface area contributed by atoms with Gasteiger partial charge in [0.1, 0.15) is 5.75 Å². The molecule has 1 amide bonds. The third-order valence-corrected chi connectivity index (χ3v) is 5.92. The van der Waals surface area contributed by atoms with Gasteiger partial charge in [-0.2, -0.15) is 13.2 Å². The average Bonchev–Trinajstić information content (AvgIpc) is 3.21. The molecule has 1 spiro atoms. The van der Waals surface area contributed by atoms with Crippen molar-refractivity contribution in [2.75, 3.05) is 33.4 Å². The van der Waals surface area contributed by atoms with Gasteiger partial charge < -0.3 is 29.6 Å². The molecule has 2 aliphatic heterocycles. The number of nitrogens with two attached hydrogens (primary N) is 1. The van der Waals surface area contributed by atoms with Crippen LogP contribution >= 0.6 is 0 Å². The van der Waals surface area contributed by atoms with Gasteiger partial charge in [0.2, 0.25) is 6.10 Å². The summed E-state index contributed by atoms with van der Waals surface area (Å²) in [4.78, 5) is 18.1. The molecular weight excluding hydrogens is 455 g/mol. The SMILES string of the molecule is COc1ccc(COC[C@@H](OC(=O)N2CCC3(CC2)CC(N=CC=CN)CO3)C(F)(F)F)cc1. The zero-order valence-corrected chi connectivity index (χ0v) is 19.0. The molecule has 2 heterocycles. The number of methoxy groups -OCH3 is 1. The van der Waals surface area contributed by atoms with Gasteiger partial charge in [-0.05, 0) is 42.8 Å². The Morgan fingerprint density at radius 2 is 2.03 bits per heavy atom. The topological polar surface area (TPSA) is 95.6 Å². The molecule has 1 unspecified atom stereocenters. The second kappa shape index (κ2) is 11.6. The summed E-state index contributed by atoms with van der Waals surface area (Å²) in [6.45, 7) is 0.104. The van der Waals surface area contributed by atoms with E-state index in [2.05, 4.69) is 4.99 Å². The van der Waals surface area contributed by atoms with Gasteiger partial charge in [0, 0.05) is 25.7 Å². The van der Waals surface area contributed by atoms with Crippen molar-refractivity contribution in [3.63, 3.8) is 0 Å². The Labute approximate surface area is 196 Å². The summed E-state index contributed by atoms with van der Waals surface area (Å²) < 4.78 is 61.3. The Morgan fingerprint density at radius 3 is 2.65 bits per heavy atom. The third kappa shape index (κ3) is 7.10. The zero-order valence-electron chi connectivity index (χ0n) is 19.0. The summed E-state index contributed by atoms with van der Waals surface area (Å²) in [5.74, 6) is 0.629. The summed E-state index contributed by atoms with van der Waals surface area (Å²) in [6, 6.07) is 6.73. The maximum atomic E-state index is 13.4. The number of piperidine rings is 1. The second-order valence-corrected chi connectivity index (χ2v) is 8.30. The van der Waals surface area contributed by atoms with Crippen molar-refractivity contribution in [2.24, 2.45) is 10.7 Å². The summed E-state index contributed by atoms with van der Waals surface area (Å²) >= 11 is 0. The van der Waals surface area contributed by atoms with Crippen molar-refractivity contribution in [3.8, 4) is 5.75 Å². The minimum absolute atomic E-state index is 0.00726. The van der Waals surface area contributed by atoms with Crippen LogP contribution in [0.3, 0.4) is 0 Å². The monoisotopic (exact) mass is 485 g/mol. The van der Waals surface area contributed by atoms with Crippen molar-refractivity contribution < 1.29 is 36.9 Å². The molecular formula is C23H30F3N3O5. The van der Waals surface area contributed by atoms with Crippen LogP contribution in [-0.2, 0) is 20.8 Å². The lowest BCUT2D eigenvalue weighted by Crippen LogP contribution is -2.49. The first kappa shape index (κ1) is 25.8. The molecule has 0 radical (unpaired) electrons. The van der Waals surface area contributed by atoms with Crippen molar-refractivity contribution in [3.05, 3.63) is 42.1 Å². The highest BCUT2D eigenvalue weighted by atomic mass is 19.4. The van der Waals surface area contributed by atoms with Gasteiger partial charge in [-0.15, -0.1) is 0 Å². The number of hydrogen-bond donors (Lipinski definition) is 1. The number of nitrogens with zero attached hydrogens (tertiary/aromatic N) is 2. The van der Waals surface area contributed by atoms with E-state index in [4.69, 9.17) is 24.7 Å². The van der Waals surface area contributed by atoms with Gasteiger partial charge in [-0.1, -0.05) is 12.1 Å². The van der Waals surface area contributed by atoms with Gasteiger partial charge in [-0.25, -0.2) is 4.79 Å². The summed E-state index contributed by atoms with van der Waals surface area (Å²) in [6.07, 6.45) is -1.78. The largest absolute Gasteiger partial charge is 0.497 e. The van der Waals surface area contributed by atoms with Gasteiger partial charge >= 0.3 is 12.3 Å². The van der Waals surface area contributed by atoms with Crippen molar-refractivity contribution in [1.82, 2.24) is 4.90 Å². The quantitative estimate of drug-likeness (QED) is 0.567. The fraction of sp³-hybridized carbons (Fsp3) is 0.565. The maximum absolute atomic E-state index is 13.4. The first-order chi connectivity index (χ1) is 16.2. The zero-order chi connectivity index (χ0) is 24.6. The smallest absolute Gasteiger partial charge is 0.427 e. The number of alkyl halides is 3. The van der Waals surface area contributed by atoms with Crippen LogP contribution < -0.4 is 10.5 Å².